The van der Waals surface area contributed by atoms with Crippen molar-refractivity contribution in [2.45, 2.75) is 111 Å². The number of hydrogen-bond acceptors (Lipinski definition) is 3. The molecule has 1 heterocycles. The Hall–Kier alpha value is 1.30. The highest BCUT2D eigenvalue weighted by atomic mass is 35.7. The molecule has 26 heavy (non-hydrogen) atoms. The lowest BCUT2D eigenvalue weighted by Gasteiger charge is -2.36. The van der Waals surface area contributed by atoms with Crippen LogP contribution in [0.3, 0.4) is 0 Å². The fraction of sp³-hybridized carbons (Fsp3) is 1.00. The highest BCUT2D eigenvalue weighted by molar-refractivity contribution is 7.78. The van der Waals surface area contributed by atoms with Crippen LogP contribution in [0.4, 0.5) is 0 Å². The highest BCUT2D eigenvalue weighted by Gasteiger charge is 2.49. The molecule has 3 aliphatic rings. The molecule has 3 nitrogen and oxygen atoms in total. The Bertz CT molecular complexity index is 379. The third-order valence-electron chi connectivity index (χ3n) is 5.95. The molecule has 2 saturated carbocycles. The van der Waals surface area contributed by atoms with E-state index in [1.165, 1.54) is 44.9 Å². The predicted molar refractivity (Wildman–Crippen MR) is 129 cm³/mol. The largest absolute Gasteiger partial charge is 0.390 e. The number of halogens is 1. The Morgan fingerprint density at radius 1 is 1.08 bits per heavy atom. The molecule has 162 valence electrons. The molecule has 0 aromatic rings. The monoisotopic (exact) mass is 449 g/mol. The molecule has 1 aliphatic heterocycles. The summed E-state index contributed by atoms with van der Waals surface area (Å²) in [6.07, 6.45) is 10.9. The maximum absolute atomic E-state index is 9.83. The summed E-state index contributed by atoms with van der Waals surface area (Å²) in [5.74, 6) is 0.557. The maximum atomic E-state index is 9.83. The molecule has 1 unspecified atom stereocenters. The Morgan fingerprint density at radius 2 is 1.62 bits per heavy atom. The van der Waals surface area contributed by atoms with Crippen LogP contribution in [0.1, 0.15) is 93.4 Å². The van der Waals surface area contributed by atoms with Gasteiger partial charge < -0.3 is 9.63 Å². The molecule has 7 heteroatoms. The van der Waals surface area contributed by atoms with Gasteiger partial charge >= 0.3 is 0 Å². The van der Waals surface area contributed by atoms with Crippen molar-refractivity contribution in [2.75, 3.05) is 7.05 Å². The van der Waals surface area contributed by atoms with Crippen molar-refractivity contribution in [3.8, 4) is 0 Å². The van der Waals surface area contributed by atoms with E-state index in [0.29, 0.717) is 12.0 Å². The first-order chi connectivity index (χ1) is 10.3. The van der Waals surface area contributed by atoms with Gasteiger partial charge in [-0.1, -0.05) is 53.9 Å². The normalized spacial score (nSPS) is 38.8. The quantitative estimate of drug-likeness (QED) is 0.439. The summed E-state index contributed by atoms with van der Waals surface area (Å²) in [6.45, 7) is 6.36. The molecule has 5 atom stereocenters. The fourth-order valence-electron chi connectivity index (χ4n) is 4.35. The van der Waals surface area contributed by atoms with Gasteiger partial charge in [0.2, 0.25) is 7.65 Å². The van der Waals surface area contributed by atoms with Crippen molar-refractivity contribution in [1.29, 1.82) is 0 Å². The van der Waals surface area contributed by atoms with E-state index in [-0.39, 0.29) is 53.0 Å². The molecule has 1 N–H and O–H groups in total. The Morgan fingerprint density at radius 3 is 2.08 bits per heavy atom. The van der Waals surface area contributed by atoms with Crippen molar-refractivity contribution in [1.82, 2.24) is 4.67 Å². The molecule has 0 bridgehead atoms. The molecular weight excluding hydrogens is 405 g/mol. The van der Waals surface area contributed by atoms with Gasteiger partial charge in [-0.3, -0.25) is 0 Å². The summed E-state index contributed by atoms with van der Waals surface area (Å²) in [7, 11) is 1.26. The molecule has 3 rings (SSSR count). The molecule has 0 aromatic heterocycles. The standard InChI is InChI=1S/C9H18O.C8H15ClNOP.2CH4.2H2S/c1-3-8-6-4-5-7-9(8,2)10;1-8-6-4-3-5-7(8)10(2)12(9)11-8;;;;/h8,10H,3-7H2,1-2H3;7H,3-6H2,1-2H3;2*1H4;2*1H2/t8-,9-;7-,8-,12?;;;;/m00..../s1. The lowest BCUT2D eigenvalue weighted by molar-refractivity contribution is -0.0329. The third kappa shape index (κ3) is 7.61. The summed E-state index contributed by atoms with van der Waals surface area (Å²) < 4.78 is 8.04. The van der Waals surface area contributed by atoms with Crippen LogP contribution in [0.25, 0.3) is 0 Å². The van der Waals surface area contributed by atoms with Crippen LogP contribution in [-0.4, -0.2) is 34.1 Å². The smallest absolute Gasteiger partial charge is 0.207 e. The summed E-state index contributed by atoms with van der Waals surface area (Å²) in [5.41, 5.74) is -0.298. The minimum absolute atomic E-state index is 0. The SMILES string of the molecule is C.C.CC[C@H]1CCCC[C@]1(C)O.CN1[C@H]2CCCC[C@]2(C)OP1Cl.S.S. The molecule has 0 aromatic carbocycles. The lowest BCUT2D eigenvalue weighted by atomic mass is 9.75. The number of rotatable bonds is 1. The number of likely N-dealkylation sites (N-methyl/N-ethyl adjacent to an activating group) is 1. The first kappa shape index (κ1) is 32.0. The van der Waals surface area contributed by atoms with Crippen LogP contribution in [-0.2, 0) is 4.52 Å². The van der Waals surface area contributed by atoms with Gasteiger partial charge in [-0.2, -0.15) is 27.0 Å². The Kier molecular flexibility index (Phi) is 16.6. The number of aliphatic hydroxyl groups is 1. The van der Waals surface area contributed by atoms with Gasteiger partial charge in [-0.05, 0) is 63.7 Å². The van der Waals surface area contributed by atoms with E-state index in [1.54, 1.807) is 0 Å². The van der Waals surface area contributed by atoms with Crippen molar-refractivity contribution in [2.24, 2.45) is 5.92 Å². The highest BCUT2D eigenvalue weighted by Crippen LogP contribution is 2.61. The van der Waals surface area contributed by atoms with Crippen LogP contribution in [0, 0.1) is 5.92 Å². The molecule has 3 fully saturated rings. The van der Waals surface area contributed by atoms with E-state index < -0.39 is 7.65 Å². The first-order valence-corrected chi connectivity index (χ1v) is 11.0. The van der Waals surface area contributed by atoms with E-state index in [2.05, 4.69) is 25.6 Å². The zero-order chi connectivity index (χ0) is 16.4. The zero-order valence-electron chi connectivity index (χ0n) is 15.6. The van der Waals surface area contributed by atoms with Crippen LogP contribution < -0.4 is 0 Å². The van der Waals surface area contributed by atoms with Gasteiger partial charge in [0, 0.05) is 6.04 Å². The number of fused-ring (bicyclic) bond motifs is 1. The van der Waals surface area contributed by atoms with Crippen molar-refractivity contribution >= 4 is 45.9 Å². The van der Waals surface area contributed by atoms with Gasteiger partial charge in [-0.25, -0.2) is 4.67 Å². The molecule has 1 saturated heterocycles. The molecule has 0 amide bonds. The van der Waals surface area contributed by atoms with Crippen molar-refractivity contribution < 1.29 is 9.63 Å². The fourth-order valence-corrected chi connectivity index (χ4v) is 6.41. The van der Waals surface area contributed by atoms with Crippen LogP contribution in [0.15, 0.2) is 0 Å². The van der Waals surface area contributed by atoms with E-state index in [1.807, 2.05) is 6.92 Å². The average Bonchev–Trinajstić information content (AvgIpc) is 2.69. The Balaban J connectivity index is -0.000000357. The maximum Gasteiger partial charge on any atom is 0.207 e. The molecular formula is C19H45ClNO2PS2. The van der Waals surface area contributed by atoms with Gasteiger partial charge in [0.05, 0.1) is 11.2 Å². The molecule has 2 aliphatic carbocycles. The second-order valence-electron chi connectivity index (χ2n) is 7.67. The van der Waals surface area contributed by atoms with Gasteiger partial charge in [0.25, 0.3) is 0 Å². The molecule has 0 spiro atoms. The minimum atomic E-state index is -0.820. The van der Waals surface area contributed by atoms with Gasteiger partial charge in [0.15, 0.2) is 0 Å². The van der Waals surface area contributed by atoms with Gasteiger partial charge in [-0.15, -0.1) is 0 Å². The summed E-state index contributed by atoms with van der Waals surface area (Å²) >= 11 is 6.10. The van der Waals surface area contributed by atoms with Crippen LogP contribution in [0.2, 0.25) is 0 Å². The van der Waals surface area contributed by atoms with E-state index in [0.717, 1.165) is 12.8 Å². The minimum Gasteiger partial charge on any atom is -0.390 e. The number of nitrogens with zero attached hydrogens (tertiary/aromatic N) is 1. The first-order valence-electron chi connectivity index (χ1n) is 8.90. The van der Waals surface area contributed by atoms with Crippen molar-refractivity contribution in [3.63, 3.8) is 0 Å². The van der Waals surface area contributed by atoms with Crippen LogP contribution >= 0.6 is 45.9 Å². The van der Waals surface area contributed by atoms with Crippen LogP contribution in [0.5, 0.6) is 0 Å². The zero-order valence-corrected chi connectivity index (χ0v) is 19.3. The van der Waals surface area contributed by atoms with E-state index >= 15 is 0 Å². The topological polar surface area (TPSA) is 32.7 Å². The summed E-state index contributed by atoms with van der Waals surface area (Å²) in [5, 5.41) is 9.83. The lowest BCUT2D eigenvalue weighted by Crippen LogP contribution is -2.43. The van der Waals surface area contributed by atoms with E-state index in [4.69, 9.17) is 15.8 Å². The van der Waals surface area contributed by atoms with Crippen molar-refractivity contribution in [3.05, 3.63) is 0 Å². The molecule has 0 radical (unpaired) electrons. The number of hydrogen-bond donors (Lipinski definition) is 1. The summed E-state index contributed by atoms with van der Waals surface area (Å²) in [4.78, 5) is 0. The third-order valence-corrected chi connectivity index (χ3v) is 8.21. The summed E-state index contributed by atoms with van der Waals surface area (Å²) in [6, 6.07) is 0.565. The average molecular weight is 450 g/mol. The van der Waals surface area contributed by atoms with E-state index in [9.17, 15) is 5.11 Å². The Labute approximate surface area is 183 Å². The second-order valence-corrected chi connectivity index (χ2v) is 9.81. The predicted octanol–water partition coefficient (Wildman–Crippen LogP) is 6.95. The second kappa shape index (κ2) is 13.5. The van der Waals surface area contributed by atoms with Gasteiger partial charge in [0.1, 0.15) is 0 Å².